The van der Waals surface area contributed by atoms with Crippen molar-refractivity contribution >= 4 is 33.0 Å². The fraction of sp³-hybridized carbons (Fsp3) is 0. The van der Waals surface area contributed by atoms with Crippen LogP contribution in [0.4, 0.5) is 10.1 Å². The van der Waals surface area contributed by atoms with Crippen LogP contribution >= 0.6 is 11.3 Å². The molecule has 0 unspecified atom stereocenters. The van der Waals surface area contributed by atoms with Gasteiger partial charge in [-0.3, -0.25) is 20.3 Å². The van der Waals surface area contributed by atoms with Crippen LogP contribution < -0.4 is 10.3 Å². The van der Waals surface area contributed by atoms with Crippen molar-refractivity contribution in [3.05, 3.63) is 75.5 Å². The first kappa shape index (κ1) is 19.5. The van der Waals surface area contributed by atoms with Gasteiger partial charge >= 0.3 is 0 Å². The second kappa shape index (κ2) is 7.80. The monoisotopic (exact) mass is 422 g/mol. The molecule has 28 heavy (non-hydrogen) atoms. The van der Waals surface area contributed by atoms with Gasteiger partial charge in [-0.1, -0.05) is 6.07 Å². The summed E-state index contributed by atoms with van der Waals surface area (Å²) in [6, 6.07) is 9.88. The van der Waals surface area contributed by atoms with Gasteiger partial charge in [-0.2, -0.15) is 0 Å². The molecule has 144 valence electrons. The fourth-order valence-corrected chi connectivity index (χ4v) is 3.79. The Bertz CT molecular complexity index is 1150. The molecule has 0 saturated heterocycles. The van der Waals surface area contributed by atoms with Crippen molar-refractivity contribution in [3.63, 3.8) is 0 Å². The first-order valence-electron chi connectivity index (χ1n) is 7.54. The maximum atomic E-state index is 13.0. The third kappa shape index (κ3) is 4.36. The molecule has 1 amide bonds. The molecule has 2 aromatic carbocycles. The number of aromatic nitrogens is 1. The van der Waals surface area contributed by atoms with Crippen LogP contribution in [0.15, 0.2) is 58.8 Å². The van der Waals surface area contributed by atoms with E-state index in [9.17, 15) is 27.7 Å². The lowest BCUT2D eigenvalue weighted by Gasteiger charge is -2.07. The normalized spacial score (nSPS) is 11.2. The Morgan fingerprint density at radius 2 is 1.89 bits per heavy atom. The van der Waals surface area contributed by atoms with Gasteiger partial charge < -0.3 is 0 Å². The van der Waals surface area contributed by atoms with Crippen LogP contribution in [0.3, 0.4) is 0 Å². The molecule has 0 fully saturated rings. The number of rotatable bonds is 6. The van der Waals surface area contributed by atoms with Crippen LogP contribution in [0.5, 0.6) is 0 Å². The van der Waals surface area contributed by atoms with Crippen molar-refractivity contribution in [3.8, 4) is 10.6 Å². The topological polar surface area (TPSA) is 131 Å². The number of nitrogens with zero attached hydrogens (tertiary/aromatic N) is 2. The van der Waals surface area contributed by atoms with E-state index in [4.69, 9.17) is 0 Å². The molecule has 2 N–H and O–H groups in total. The summed E-state index contributed by atoms with van der Waals surface area (Å²) in [6.07, 6.45) is 0. The molecule has 3 aromatic rings. The van der Waals surface area contributed by atoms with Gasteiger partial charge in [0.15, 0.2) is 0 Å². The Hall–Kier alpha value is -3.22. The van der Waals surface area contributed by atoms with E-state index in [-0.39, 0.29) is 10.6 Å². The number of benzene rings is 2. The minimum Gasteiger partial charge on any atom is -0.272 e. The average molecular weight is 422 g/mol. The van der Waals surface area contributed by atoms with Gasteiger partial charge in [0, 0.05) is 23.1 Å². The number of carbonyl (C=O) groups is 1. The Morgan fingerprint density at radius 3 is 2.57 bits per heavy atom. The molecule has 1 aromatic heterocycles. The Labute approximate surface area is 162 Å². The van der Waals surface area contributed by atoms with Crippen molar-refractivity contribution in [1.82, 2.24) is 15.2 Å². The van der Waals surface area contributed by atoms with Gasteiger partial charge in [-0.15, -0.1) is 16.2 Å². The van der Waals surface area contributed by atoms with Gasteiger partial charge in [-0.25, -0.2) is 17.8 Å². The molecular weight excluding hydrogens is 411 g/mol. The zero-order chi connectivity index (χ0) is 20.3. The standard InChI is InChI=1S/C16H11FN4O5S2/c17-11-6-4-10(5-7-11)16-18-14(9-27-16)15(22)19-20-28(25,26)13-3-1-2-12(8-13)21(23)24/h1-9,20H,(H,19,22). The van der Waals surface area contributed by atoms with Crippen molar-refractivity contribution in [2.75, 3.05) is 0 Å². The SMILES string of the molecule is O=C(NNS(=O)(=O)c1cccc([N+](=O)[O-])c1)c1csc(-c2ccc(F)cc2)n1. The summed E-state index contributed by atoms with van der Waals surface area (Å²) >= 11 is 1.13. The number of nitro groups is 1. The predicted molar refractivity (Wildman–Crippen MR) is 98.4 cm³/mol. The summed E-state index contributed by atoms with van der Waals surface area (Å²) in [4.78, 5) is 27.7. The Balaban J connectivity index is 1.71. The minimum atomic E-state index is -4.22. The highest BCUT2D eigenvalue weighted by molar-refractivity contribution is 7.89. The molecule has 0 saturated carbocycles. The van der Waals surface area contributed by atoms with E-state index in [2.05, 4.69) is 4.98 Å². The van der Waals surface area contributed by atoms with Crippen LogP contribution in [0.2, 0.25) is 0 Å². The number of thiazole rings is 1. The van der Waals surface area contributed by atoms with Gasteiger partial charge in [0.25, 0.3) is 21.6 Å². The van der Waals surface area contributed by atoms with Crippen molar-refractivity contribution in [2.45, 2.75) is 4.90 Å². The summed E-state index contributed by atoms with van der Waals surface area (Å²) in [5.41, 5.74) is 2.14. The Morgan fingerprint density at radius 1 is 1.18 bits per heavy atom. The molecule has 0 bridgehead atoms. The zero-order valence-corrected chi connectivity index (χ0v) is 15.5. The van der Waals surface area contributed by atoms with E-state index in [0.717, 1.165) is 29.5 Å². The molecule has 0 radical (unpaired) electrons. The van der Waals surface area contributed by atoms with Gasteiger partial charge in [0.05, 0.1) is 9.82 Å². The quantitative estimate of drug-likeness (QED) is 0.463. The van der Waals surface area contributed by atoms with Gasteiger partial charge in [-0.05, 0) is 30.3 Å². The smallest absolute Gasteiger partial charge is 0.272 e. The van der Waals surface area contributed by atoms with E-state index in [0.29, 0.717) is 10.6 Å². The molecule has 0 atom stereocenters. The molecule has 0 aliphatic rings. The van der Waals surface area contributed by atoms with E-state index in [1.165, 1.54) is 35.7 Å². The molecule has 12 heteroatoms. The number of nitrogens with one attached hydrogen (secondary N) is 2. The minimum absolute atomic E-state index is 0.0499. The summed E-state index contributed by atoms with van der Waals surface area (Å²) < 4.78 is 37.4. The number of hydrazine groups is 1. The number of halogens is 1. The maximum Gasteiger partial charge on any atom is 0.285 e. The second-order valence-corrected chi connectivity index (χ2v) is 7.90. The summed E-state index contributed by atoms with van der Waals surface area (Å²) in [5.74, 6) is -1.23. The van der Waals surface area contributed by atoms with Gasteiger partial charge in [0.2, 0.25) is 0 Å². The number of sulfonamides is 1. The molecule has 0 aliphatic heterocycles. The molecular formula is C16H11FN4O5S2. The first-order chi connectivity index (χ1) is 13.3. The lowest BCUT2D eigenvalue weighted by Crippen LogP contribution is -2.41. The fourth-order valence-electron chi connectivity index (χ4n) is 2.10. The number of amides is 1. The number of hydrogen-bond donors (Lipinski definition) is 2. The number of hydrogen-bond acceptors (Lipinski definition) is 7. The van der Waals surface area contributed by atoms with Crippen molar-refractivity contribution in [1.29, 1.82) is 0 Å². The van der Waals surface area contributed by atoms with Crippen molar-refractivity contribution in [2.24, 2.45) is 0 Å². The number of nitro benzene ring substituents is 1. The lowest BCUT2D eigenvalue weighted by atomic mass is 10.2. The van der Waals surface area contributed by atoms with Crippen LogP contribution in [0, 0.1) is 15.9 Å². The maximum absolute atomic E-state index is 13.0. The highest BCUT2D eigenvalue weighted by Crippen LogP contribution is 2.24. The van der Waals surface area contributed by atoms with E-state index < -0.39 is 32.4 Å². The number of carbonyl (C=O) groups excluding carboxylic acids is 1. The average Bonchev–Trinajstić information content (AvgIpc) is 3.17. The third-order valence-corrected chi connectivity index (χ3v) is 5.60. The lowest BCUT2D eigenvalue weighted by molar-refractivity contribution is -0.385. The van der Waals surface area contributed by atoms with Crippen LogP contribution in [-0.2, 0) is 10.0 Å². The van der Waals surface area contributed by atoms with Crippen LogP contribution in [-0.4, -0.2) is 24.2 Å². The molecule has 3 rings (SSSR count). The second-order valence-electron chi connectivity index (χ2n) is 5.36. The zero-order valence-electron chi connectivity index (χ0n) is 13.8. The predicted octanol–water partition coefficient (Wildman–Crippen LogP) is 2.48. The highest BCUT2D eigenvalue weighted by Gasteiger charge is 2.20. The summed E-state index contributed by atoms with van der Waals surface area (Å²) in [7, 11) is -4.22. The molecule has 1 heterocycles. The molecule has 0 spiro atoms. The van der Waals surface area contributed by atoms with E-state index in [1.54, 1.807) is 0 Å². The van der Waals surface area contributed by atoms with Crippen LogP contribution in [0.1, 0.15) is 10.5 Å². The van der Waals surface area contributed by atoms with Gasteiger partial charge in [0.1, 0.15) is 16.5 Å². The van der Waals surface area contributed by atoms with Crippen LogP contribution in [0.25, 0.3) is 10.6 Å². The highest BCUT2D eigenvalue weighted by atomic mass is 32.2. The van der Waals surface area contributed by atoms with E-state index in [1.807, 2.05) is 10.3 Å². The molecule has 9 nitrogen and oxygen atoms in total. The third-order valence-electron chi connectivity index (χ3n) is 3.47. The van der Waals surface area contributed by atoms with E-state index >= 15 is 0 Å². The van der Waals surface area contributed by atoms with Crippen molar-refractivity contribution < 1.29 is 22.5 Å². The first-order valence-corrected chi connectivity index (χ1v) is 9.90. The summed E-state index contributed by atoms with van der Waals surface area (Å²) in [5, 5.41) is 12.6. The summed E-state index contributed by atoms with van der Waals surface area (Å²) in [6.45, 7) is 0. The number of non-ortho nitro benzene ring substituents is 1. The Kier molecular flexibility index (Phi) is 5.44. The largest absolute Gasteiger partial charge is 0.285 e. The molecule has 0 aliphatic carbocycles.